The van der Waals surface area contributed by atoms with Gasteiger partial charge in [0.2, 0.25) is 0 Å². The van der Waals surface area contributed by atoms with Gasteiger partial charge in [0.05, 0.1) is 11.4 Å². The van der Waals surface area contributed by atoms with E-state index in [0.717, 1.165) is 11.4 Å². The fourth-order valence-corrected chi connectivity index (χ4v) is 3.69. The van der Waals surface area contributed by atoms with E-state index in [0.29, 0.717) is 0 Å². The molecular formula is C40H26DyF9N2O6. The molecule has 1 radical (unpaired) electrons. The first-order valence-corrected chi connectivity index (χ1v) is 15.7. The number of pyridine rings is 2. The van der Waals surface area contributed by atoms with Crippen molar-refractivity contribution in [2.24, 2.45) is 0 Å². The molecule has 5 aromatic rings. The summed E-state index contributed by atoms with van der Waals surface area (Å²) in [5.41, 5.74) is 1.98. The second-order valence-electron chi connectivity index (χ2n) is 10.6. The first kappa shape index (κ1) is 50.3. The summed E-state index contributed by atoms with van der Waals surface area (Å²) in [6.45, 7) is 0. The van der Waals surface area contributed by atoms with Crippen LogP contribution < -0.4 is 15.3 Å². The molecule has 0 aliphatic heterocycles. The van der Waals surface area contributed by atoms with Crippen molar-refractivity contribution in [1.82, 2.24) is 9.97 Å². The van der Waals surface area contributed by atoms with Crippen LogP contribution in [0.4, 0.5) is 39.5 Å². The number of hydrogen-bond donors (Lipinski definition) is 0. The molecule has 0 bridgehead atoms. The van der Waals surface area contributed by atoms with Crippen molar-refractivity contribution in [1.29, 1.82) is 0 Å². The van der Waals surface area contributed by atoms with Gasteiger partial charge in [0, 0.05) is 29.1 Å². The molecule has 18 heteroatoms. The summed E-state index contributed by atoms with van der Waals surface area (Å²) in [5.74, 6) is -9.27. The fraction of sp³-hybridized carbons (Fsp3) is 0.0750. The van der Waals surface area contributed by atoms with Gasteiger partial charge in [-0.1, -0.05) is 103 Å². The second kappa shape index (κ2) is 24.1. The van der Waals surface area contributed by atoms with E-state index in [1.54, 1.807) is 30.6 Å². The van der Waals surface area contributed by atoms with Crippen LogP contribution in [0.5, 0.6) is 0 Å². The Morgan fingerprint density at radius 1 is 0.397 bits per heavy atom. The van der Waals surface area contributed by atoms with Crippen molar-refractivity contribution >= 4 is 17.3 Å². The number of carbonyl (C=O) groups excluding carboxylic acids is 3. The molecule has 8 nitrogen and oxygen atoms in total. The van der Waals surface area contributed by atoms with Gasteiger partial charge in [0.25, 0.3) is 0 Å². The van der Waals surface area contributed by atoms with Crippen molar-refractivity contribution in [2.75, 3.05) is 0 Å². The summed E-state index contributed by atoms with van der Waals surface area (Å²) in [6, 6.07) is 33.4. The molecule has 5 rings (SSSR count). The summed E-state index contributed by atoms with van der Waals surface area (Å²) >= 11 is 0. The zero-order chi connectivity index (χ0) is 42.6. The van der Waals surface area contributed by atoms with Crippen LogP contribution in [0.1, 0.15) is 31.1 Å². The van der Waals surface area contributed by atoms with Crippen molar-refractivity contribution in [3.05, 3.63) is 192 Å². The zero-order valence-electron chi connectivity index (χ0n) is 29.1. The number of benzene rings is 3. The number of ketones is 3. The quantitative estimate of drug-likeness (QED) is 0.0723. The maximum absolute atomic E-state index is 11.8. The van der Waals surface area contributed by atoms with E-state index in [4.69, 9.17) is 0 Å². The number of hydrogen-bond acceptors (Lipinski definition) is 8. The molecule has 58 heavy (non-hydrogen) atoms. The topological polar surface area (TPSA) is 146 Å². The molecule has 305 valence electrons. The van der Waals surface area contributed by atoms with Crippen molar-refractivity contribution in [3.8, 4) is 11.4 Å². The van der Waals surface area contributed by atoms with Gasteiger partial charge < -0.3 is 15.3 Å². The predicted molar refractivity (Wildman–Crippen MR) is 182 cm³/mol. The Bertz CT molecular complexity index is 1890. The smallest absolute Gasteiger partial charge is 0.869 e. The Morgan fingerprint density at radius 2 is 0.621 bits per heavy atom. The number of aromatic nitrogens is 2. The minimum Gasteiger partial charge on any atom is -0.869 e. The van der Waals surface area contributed by atoms with Gasteiger partial charge in [0.15, 0.2) is 17.3 Å². The van der Waals surface area contributed by atoms with E-state index in [-0.39, 0.29) is 73.1 Å². The van der Waals surface area contributed by atoms with Gasteiger partial charge in [-0.15, -0.1) is 0 Å². The molecule has 2 heterocycles. The number of halogens is 9. The Balaban J connectivity index is 0.000000385. The molecule has 0 saturated carbocycles. The van der Waals surface area contributed by atoms with Crippen LogP contribution in [0.3, 0.4) is 0 Å². The number of carbonyl (C=O) groups is 3. The number of alkyl halides is 9. The first-order chi connectivity index (χ1) is 26.7. The molecular weight excluding hydrogens is 938 g/mol. The van der Waals surface area contributed by atoms with Gasteiger partial charge in [-0.05, 0) is 59.8 Å². The maximum atomic E-state index is 11.8. The normalized spacial score (nSPS) is 11.8. The summed E-state index contributed by atoms with van der Waals surface area (Å²) in [7, 11) is 0. The van der Waals surface area contributed by atoms with Gasteiger partial charge in [0.1, 0.15) is 0 Å². The Labute approximate surface area is 354 Å². The van der Waals surface area contributed by atoms with Crippen LogP contribution >= 0.6 is 0 Å². The third-order valence-corrected chi connectivity index (χ3v) is 6.39. The largest absolute Gasteiger partial charge is 3.00 e. The molecule has 0 unspecified atom stereocenters. The average molecular weight is 964 g/mol. The fourth-order valence-electron chi connectivity index (χ4n) is 3.69. The van der Waals surface area contributed by atoms with Crippen LogP contribution in [0.15, 0.2) is 175 Å². The molecule has 0 spiro atoms. The van der Waals surface area contributed by atoms with Crippen LogP contribution in [0.25, 0.3) is 11.4 Å². The molecule has 0 saturated heterocycles. The summed E-state index contributed by atoms with van der Waals surface area (Å²) in [4.78, 5) is 41.7. The third kappa shape index (κ3) is 18.9. The van der Waals surface area contributed by atoms with E-state index in [1.807, 2.05) is 36.4 Å². The van der Waals surface area contributed by atoms with Gasteiger partial charge in [-0.3, -0.25) is 24.4 Å². The van der Waals surface area contributed by atoms with Crippen LogP contribution in [-0.4, -0.2) is 45.8 Å². The Hall–Kier alpha value is -5.77. The Kier molecular flexibility index (Phi) is 20.9. The van der Waals surface area contributed by atoms with Gasteiger partial charge >= 0.3 is 56.7 Å². The van der Waals surface area contributed by atoms with Gasteiger partial charge in [-0.25, -0.2) is 0 Å². The first-order valence-electron chi connectivity index (χ1n) is 15.7. The summed E-state index contributed by atoms with van der Waals surface area (Å²) in [6.07, 6.45) is -11.3. The summed E-state index contributed by atoms with van der Waals surface area (Å²) in [5, 5.41) is 31.3. The predicted octanol–water partition coefficient (Wildman–Crippen LogP) is 7.17. The average Bonchev–Trinajstić information content (AvgIpc) is 3.19. The van der Waals surface area contributed by atoms with Gasteiger partial charge in [-0.2, -0.15) is 39.5 Å². The number of rotatable bonds is 7. The van der Waals surface area contributed by atoms with E-state index in [1.165, 1.54) is 72.8 Å². The van der Waals surface area contributed by atoms with Crippen LogP contribution in [-0.2, 0) is 0 Å². The Morgan fingerprint density at radius 3 is 0.810 bits per heavy atom. The minimum absolute atomic E-state index is 0. The van der Waals surface area contributed by atoms with E-state index < -0.39 is 53.2 Å². The summed E-state index contributed by atoms with van der Waals surface area (Å²) < 4.78 is 106. The van der Waals surface area contributed by atoms with Crippen LogP contribution in [0, 0.1) is 38.2 Å². The SMILES string of the molecule is O=C(/C=C(\[O-])C(F)(F)F)c1ccccc1.O=C(/C=C(\[O-])C(F)(F)F)c1ccccc1.O=C(/C=C(\[O-])C(F)(F)F)c1ccccc1.[Dy+3].c1ccc(-c2ccccn2)nc1. The molecule has 2 aromatic heterocycles. The monoisotopic (exact) mass is 965 g/mol. The van der Waals surface area contributed by atoms with Crippen molar-refractivity contribution in [3.63, 3.8) is 0 Å². The maximum Gasteiger partial charge on any atom is 3.00 e. The molecule has 0 fully saturated rings. The van der Waals surface area contributed by atoms with E-state index >= 15 is 0 Å². The molecule has 0 aliphatic rings. The van der Waals surface area contributed by atoms with Crippen LogP contribution in [0.2, 0.25) is 0 Å². The van der Waals surface area contributed by atoms with Crippen molar-refractivity contribution in [2.45, 2.75) is 18.5 Å². The molecule has 0 N–H and O–H groups in total. The zero-order valence-corrected chi connectivity index (χ0v) is 31.1. The molecule has 0 aliphatic carbocycles. The van der Waals surface area contributed by atoms with E-state index in [9.17, 15) is 69.2 Å². The molecule has 0 atom stereocenters. The second-order valence-corrected chi connectivity index (χ2v) is 10.6. The molecule has 3 aromatic carbocycles. The van der Waals surface area contributed by atoms with E-state index in [2.05, 4.69) is 9.97 Å². The number of allylic oxidation sites excluding steroid dienone is 6. The standard InChI is InChI=1S/3C10H7F3O2.C10H8N2.Dy/c3*11-10(12,13)9(15)6-8(14)7-4-2-1-3-5-7;1-3-7-11-9(5-1)10-6-2-4-8-12-10;/h3*1-6,15H;1-8H;/q;;;;+3/p-3/b3*9-6-;;. The minimum atomic E-state index is -5.00. The number of nitrogens with zero attached hydrogens (tertiary/aromatic N) is 2. The molecule has 0 amide bonds. The third-order valence-electron chi connectivity index (χ3n) is 6.39. The van der Waals surface area contributed by atoms with Crippen molar-refractivity contribution < 1.29 is 107 Å².